The summed E-state index contributed by atoms with van der Waals surface area (Å²) in [4.78, 5) is 12.1. The van der Waals surface area contributed by atoms with Crippen molar-refractivity contribution >= 4 is 5.69 Å². The molecule has 0 heterocycles. The number of nitrogens with zero attached hydrogens (tertiary/aromatic N) is 2. The Hall–Kier alpha value is -1.50. The number of aliphatic hydroxyl groups is 1. The predicted octanol–water partition coefficient (Wildman–Crippen LogP) is 1.56. The summed E-state index contributed by atoms with van der Waals surface area (Å²) in [5, 5.41) is 24.0. The van der Waals surface area contributed by atoms with Gasteiger partial charge >= 0.3 is 0 Å². The van der Waals surface area contributed by atoms with Gasteiger partial charge in [-0.25, -0.2) is 0 Å². The van der Waals surface area contributed by atoms with Crippen LogP contribution in [0, 0.1) is 10.1 Å². The molecule has 0 saturated heterocycles. The number of rotatable bonds is 7. The molecule has 0 aliphatic rings. The summed E-state index contributed by atoms with van der Waals surface area (Å²) < 4.78 is 0. The monoisotopic (exact) mass is 281 g/mol. The summed E-state index contributed by atoms with van der Waals surface area (Å²) in [6.07, 6.45) is 0. The summed E-state index contributed by atoms with van der Waals surface area (Å²) in [5.41, 5.74) is 0.218. The molecule has 0 aliphatic heterocycles. The third-order valence-corrected chi connectivity index (χ3v) is 3.05. The van der Waals surface area contributed by atoms with Crippen molar-refractivity contribution in [2.45, 2.75) is 25.5 Å². The first kappa shape index (κ1) is 16.6. The van der Waals surface area contributed by atoms with Crippen LogP contribution in [0.15, 0.2) is 24.3 Å². The van der Waals surface area contributed by atoms with E-state index in [4.69, 9.17) is 0 Å². The zero-order valence-corrected chi connectivity index (χ0v) is 12.5. The van der Waals surface area contributed by atoms with Crippen molar-refractivity contribution in [3.63, 3.8) is 0 Å². The predicted molar refractivity (Wildman–Crippen MR) is 78.7 cm³/mol. The molecule has 0 saturated carbocycles. The van der Waals surface area contributed by atoms with Crippen LogP contribution in [0.25, 0.3) is 0 Å². The quantitative estimate of drug-likeness (QED) is 0.586. The summed E-state index contributed by atoms with van der Waals surface area (Å²) in [6.45, 7) is 4.76. The van der Waals surface area contributed by atoms with Crippen LogP contribution < -0.4 is 5.32 Å². The maximum atomic E-state index is 10.6. The lowest BCUT2D eigenvalue weighted by atomic mass is 10.0. The second-order valence-electron chi connectivity index (χ2n) is 5.69. The van der Waals surface area contributed by atoms with Crippen molar-refractivity contribution in [1.29, 1.82) is 0 Å². The van der Waals surface area contributed by atoms with Crippen LogP contribution in [0.5, 0.6) is 0 Å². The van der Waals surface area contributed by atoms with Gasteiger partial charge in [-0.15, -0.1) is 0 Å². The zero-order valence-electron chi connectivity index (χ0n) is 12.5. The van der Waals surface area contributed by atoms with E-state index in [0.29, 0.717) is 13.1 Å². The Morgan fingerprint density at radius 1 is 1.40 bits per heavy atom. The van der Waals surface area contributed by atoms with E-state index in [-0.39, 0.29) is 11.7 Å². The molecule has 0 amide bonds. The van der Waals surface area contributed by atoms with Gasteiger partial charge in [-0.2, -0.15) is 0 Å². The van der Waals surface area contributed by atoms with Crippen molar-refractivity contribution in [1.82, 2.24) is 10.2 Å². The standard InChI is InChI=1S/C14H23N3O3/c1-11(15-9-14(2,18)10-16(3)4)12-5-7-13(8-6-12)17(19)20/h5-8,11,15,18H,9-10H2,1-4H3. The first-order chi connectivity index (χ1) is 9.21. The second-order valence-corrected chi connectivity index (χ2v) is 5.69. The molecule has 6 heteroatoms. The lowest BCUT2D eigenvalue weighted by Gasteiger charge is -2.29. The van der Waals surface area contributed by atoms with Crippen LogP contribution in [-0.2, 0) is 0 Å². The SMILES string of the molecule is CC(NCC(C)(O)CN(C)C)c1ccc([N+](=O)[O-])cc1. The van der Waals surface area contributed by atoms with Gasteiger partial charge in [0.1, 0.15) is 0 Å². The Morgan fingerprint density at radius 2 is 1.95 bits per heavy atom. The van der Waals surface area contributed by atoms with E-state index in [1.807, 2.05) is 25.9 Å². The number of nitro groups is 1. The third kappa shape index (κ3) is 5.24. The third-order valence-electron chi connectivity index (χ3n) is 3.05. The number of nitrogens with one attached hydrogen (secondary N) is 1. The molecule has 1 rings (SSSR count). The molecule has 0 aromatic heterocycles. The fourth-order valence-electron chi connectivity index (χ4n) is 2.11. The van der Waals surface area contributed by atoms with Crippen molar-refractivity contribution in [3.8, 4) is 0 Å². The average molecular weight is 281 g/mol. The van der Waals surface area contributed by atoms with E-state index in [0.717, 1.165) is 5.56 Å². The number of benzene rings is 1. The van der Waals surface area contributed by atoms with Gasteiger partial charge in [0.05, 0.1) is 10.5 Å². The first-order valence-electron chi connectivity index (χ1n) is 6.56. The van der Waals surface area contributed by atoms with Gasteiger partial charge in [-0.05, 0) is 33.5 Å². The van der Waals surface area contributed by atoms with Crippen molar-refractivity contribution < 1.29 is 10.0 Å². The lowest BCUT2D eigenvalue weighted by Crippen LogP contribution is -2.46. The summed E-state index contributed by atoms with van der Waals surface area (Å²) in [7, 11) is 3.82. The van der Waals surface area contributed by atoms with Crippen LogP contribution in [-0.4, -0.2) is 47.7 Å². The van der Waals surface area contributed by atoms with Crippen LogP contribution in [0.2, 0.25) is 0 Å². The second kappa shape index (κ2) is 6.78. The molecule has 2 unspecified atom stereocenters. The van der Waals surface area contributed by atoms with Crippen molar-refractivity contribution in [2.75, 3.05) is 27.2 Å². The van der Waals surface area contributed by atoms with E-state index in [2.05, 4.69) is 5.32 Å². The van der Waals surface area contributed by atoms with Gasteiger partial charge in [0.25, 0.3) is 5.69 Å². The van der Waals surface area contributed by atoms with E-state index >= 15 is 0 Å². The highest BCUT2D eigenvalue weighted by Crippen LogP contribution is 2.18. The van der Waals surface area contributed by atoms with Gasteiger partial charge in [0.15, 0.2) is 0 Å². The molecule has 1 aromatic rings. The molecular weight excluding hydrogens is 258 g/mol. The van der Waals surface area contributed by atoms with Crippen LogP contribution in [0.4, 0.5) is 5.69 Å². The smallest absolute Gasteiger partial charge is 0.269 e. The highest BCUT2D eigenvalue weighted by Gasteiger charge is 2.22. The zero-order chi connectivity index (χ0) is 15.3. The number of hydrogen-bond acceptors (Lipinski definition) is 5. The van der Waals surface area contributed by atoms with E-state index in [9.17, 15) is 15.2 Å². The fraction of sp³-hybridized carbons (Fsp3) is 0.571. The van der Waals surface area contributed by atoms with Crippen LogP contribution in [0.1, 0.15) is 25.5 Å². The molecule has 20 heavy (non-hydrogen) atoms. The first-order valence-corrected chi connectivity index (χ1v) is 6.56. The molecule has 0 bridgehead atoms. The summed E-state index contributed by atoms with van der Waals surface area (Å²) >= 11 is 0. The Balaban J connectivity index is 2.58. The van der Waals surface area contributed by atoms with Gasteiger partial charge in [-0.3, -0.25) is 10.1 Å². The van der Waals surface area contributed by atoms with Crippen molar-refractivity contribution in [3.05, 3.63) is 39.9 Å². The topological polar surface area (TPSA) is 78.6 Å². The fourth-order valence-corrected chi connectivity index (χ4v) is 2.11. The maximum Gasteiger partial charge on any atom is 0.269 e. The molecule has 112 valence electrons. The highest BCUT2D eigenvalue weighted by molar-refractivity contribution is 5.34. The Morgan fingerprint density at radius 3 is 2.40 bits per heavy atom. The van der Waals surface area contributed by atoms with Gasteiger partial charge in [0, 0.05) is 31.3 Å². The molecule has 0 radical (unpaired) electrons. The minimum absolute atomic E-state index is 0.0180. The van der Waals surface area contributed by atoms with E-state index < -0.39 is 10.5 Å². The number of non-ortho nitro benzene ring substituents is 1. The molecular formula is C14H23N3O3. The molecule has 0 aliphatic carbocycles. The van der Waals surface area contributed by atoms with E-state index in [1.54, 1.807) is 19.1 Å². The summed E-state index contributed by atoms with van der Waals surface area (Å²) in [5.74, 6) is 0. The maximum absolute atomic E-state index is 10.6. The average Bonchev–Trinajstić information content (AvgIpc) is 2.34. The van der Waals surface area contributed by atoms with Crippen LogP contribution >= 0.6 is 0 Å². The number of hydrogen-bond donors (Lipinski definition) is 2. The largest absolute Gasteiger partial charge is 0.388 e. The van der Waals surface area contributed by atoms with Gasteiger partial charge < -0.3 is 15.3 Å². The molecule has 2 N–H and O–H groups in total. The Kier molecular flexibility index (Phi) is 5.62. The normalized spacial score (nSPS) is 15.9. The minimum Gasteiger partial charge on any atom is -0.388 e. The minimum atomic E-state index is -0.821. The number of nitro benzene ring substituents is 1. The lowest BCUT2D eigenvalue weighted by molar-refractivity contribution is -0.384. The van der Waals surface area contributed by atoms with Crippen LogP contribution in [0.3, 0.4) is 0 Å². The molecule has 6 nitrogen and oxygen atoms in total. The van der Waals surface area contributed by atoms with Gasteiger partial charge in [-0.1, -0.05) is 12.1 Å². The Labute approximate surface area is 119 Å². The Bertz CT molecular complexity index is 443. The molecule has 0 fully saturated rings. The molecule has 0 spiro atoms. The molecule has 2 atom stereocenters. The van der Waals surface area contributed by atoms with E-state index in [1.165, 1.54) is 12.1 Å². The highest BCUT2D eigenvalue weighted by atomic mass is 16.6. The van der Waals surface area contributed by atoms with Crippen molar-refractivity contribution in [2.24, 2.45) is 0 Å². The summed E-state index contributed by atoms with van der Waals surface area (Å²) in [6, 6.07) is 6.47. The number of likely N-dealkylation sites (N-methyl/N-ethyl adjacent to an activating group) is 1. The molecule has 1 aromatic carbocycles. The van der Waals surface area contributed by atoms with Gasteiger partial charge in [0.2, 0.25) is 0 Å².